The average molecular weight is 195 g/mol. The Kier molecular flexibility index (Phi) is 5.29. The van der Waals surface area contributed by atoms with Crippen molar-refractivity contribution < 1.29 is 4.79 Å². The molecule has 1 aromatic rings. The number of likely N-dealkylation sites (N-methyl/N-ethyl adjacent to an activating group) is 1. The van der Waals surface area contributed by atoms with Gasteiger partial charge in [0.2, 0.25) is 5.91 Å². The Labute approximate surface area is 84.8 Å². The van der Waals surface area contributed by atoms with Gasteiger partial charge in [0.25, 0.3) is 0 Å². The SMILES string of the molecule is C=C.Cc1cnn(CC(=O)N(C)C)c1. The second kappa shape index (κ2) is 5.96. The van der Waals surface area contributed by atoms with E-state index in [2.05, 4.69) is 18.3 Å². The molecule has 0 aliphatic heterocycles. The summed E-state index contributed by atoms with van der Waals surface area (Å²) in [5, 5.41) is 4.01. The summed E-state index contributed by atoms with van der Waals surface area (Å²) in [6, 6.07) is 0. The van der Waals surface area contributed by atoms with Gasteiger partial charge in [-0.1, -0.05) is 0 Å². The van der Waals surface area contributed by atoms with Gasteiger partial charge in [0.05, 0.1) is 6.20 Å². The number of hydrogen-bond donors (Lipinski definition) is 0. The monoisotopic (exact) mass is 195 g/mol. The molecule has 0 saturated carbocycles. The molecule has 78 valence electrons. The van der Waals surface area contributed by atoms with Crippen molar-refractivity contribution in [2.24, 2.45) is 0 Å². The number of hydrogen-bond acceptors (Lipinski definition) is 2. The fourth-order valence-electron chi connectivity index (χ4n) is 0.833. The van der Waals surface area contributed by atoms with Crippen LogP contribution in [0.1, 0.15) is 5.56 Å². The van der Waals surface area contributed by atoms with Crippen molar-refractivity contribution in [3.8, 4) is 0 Å². The van der Waals surface area contributed by atoms with Gasteiger partial charge in [0, 0.05) is 20.3 Å². The number of nitrogens with zero attached hydrogens (tertiary/aromatic N) is 3. The van der Waals surface area contributed by atoms with Crippen molar-refractivity contribution >= 4 is 5.91 Å². The fourth-order valence-corrected chi connectivity index (χ4v) is 0.833. The molecule has 0 radical (unpaired) electrons. The quantitative estimate of drug-likeness (QED) is 0.662. The molecule has 1 heterocycles. The Hall–Kier alpha value is -1.58. The van der Waals surface area contributed by atoms with E-state index in [1.807, 2.05) is 13.1 Å². The Balaban J connectivity index is 0.000000791. The van der Waals surface area contributed by atoms with Crippen LogP contribution in [0.15, 0.2) is 25.6 Å². The molecule has 0 N–H and O–H groups in total. The summed E-state index contributed by atoms with van der Waals surface area (Å²) in [7, 11) is 3.47. The lowest BCUT2D eigenvalue weighted by molar-refractivity contribution is -0.129. The van der Waals surface area contributed by atoms with E-state index < -0.39 is 0 Å². The van der Waals surface area contributed by atoms with Crippen molar-refractivity contribution in [3.63, 3.8) is 0 Å². The van der Waals surface area contributed by atoms with Crippen LogP contribution in [0.25, 0.3) is 0 Å². The van der Waals surface area contributed by atoms with E-state index in [1.54, 1.807) is 29.9 Å². The van der Waals surface area contributed by atoms with Gasteiger partial charge in [-0.2, -0.15) is 5.10 Å². The smallest absolute Gasteiger partial charge is 0.243 e. The molecular formula is C10H17N3O. The summed E-state index contributed by atoms with van der Waals surface area (Å²) < 4.78 is 1.64. The first-order chi connectivity index (χ1) is 6.59. The zero-order chi connectivity index (χ0) is 11.1. The van der Waals surface area contributed by atoms with E-state index in [1.165, 1.54) is 0 Å². The Morgan fingerprint density at radius 3 is 2.50 bits per heavy atom. The van der Waals surface area contributed by atoms with Crippen molar-refractivity contribution in [2.75, 3.05) is 14.1 Å². The lowest BCUT2D eigenvalue weighted by Crippen LogP contribution is -2.26. The number of carbonyl (C=O) groups excluding carboxylic acids is 1. The molecule has 0 unspecified atom stereocenters. The van der Waals surface area contributed by atoms with E-state index in [0.29, 0.717) is 6.54 Å². The first-order valence-electron chi connectivity index (χ1n) is 4.29. The van der Waals surface area contributed by atoms with E-state index in [-0.39, 0.29) is 5.91 Å². The summed E-state index contributed by atoms with van der Waals surface area (Å²) >= 11 is 0. The molecule has 0 fully saturated rings. The van der Waals surface area contributed by atoms with Gasteiger partial charge in [0.1, 0.15) is 6.54 Å². The zero-order valence-corrected chi connectivity index (χ0v) is 9.03. The highest BCUT2D eigenvalue weighted by Gasteiger charge is 2.04. The highest BCUT2D eigenvalue weighted by Crippen LogP contribution is 1.94. The maximum atomic E-state index is 11.2. The van der Waals surface area contributed by atoms with Crippen LogP contribution in [-0.2, 0) is 11.3 Å². The van der Waals surface area contributed by atoms with Gasteiger partial charge in [-0.25, -0.2) is 0 Å². The average Bonchev–Trinajstić information content (AvgIpc) is 2.54. The van der Waals surface area contributed by atoms with E-state index in [0.717, 1.165) is 5.56 Å². The van der Waals surface area contributed by atoms with Crippen LogP contribution in [0, 0.1) is 6.92 Å². The third-order valence-corrected chi connectivity index (χ3v) is 1.56. The predicted octanol–water partition coefficient (Wildman–Crippen LogP) is 1.08. The molecule has 0 aliphatic carbocycles. The maximum absolute atomic E-state index is 11.2. The number of aryl methyl sites for hydroxylation is 1. The summed E-state index contributed by atoms with van der Waals surface area (Å²) in [4.78, 5) is 12.7. The first kappa shape index (κ1) is 12.4. The largest absolute Gasteiger partial charge is 0.347 e. The van der Waals surface area contributed by atoms with Crippen molar-refractivity contribution in [3.05, 3.63) is 31.1 Å². The fraction of sp³-hybridized carbons (Fsp3) is 0.400. The summed E-state index contributed by atoms with van der Waals surface area (Å²) in [5.41, 5.74) is 1.07. The minimum Gasteiger partial charge on any atom is -0.347 e. The molecule has 1 rings (SSSR count). The number of amides is 1. The van der Waals surface area contributed by atoms with Crippen LogP contribution in [0.2, 0.25) is 0 Å². The van der Waals surface area contributed by atoms with Crippen molar-refractivity contribution in [1.29, 1.82) is 0 Å². The lowest BCUT2D eigenvalue weighted by Gasteiger charge is -2.09. The molecule has 0 bridgehead atoms. The van der Waals surface area contributed by atoms with Crippen LogP contribution >= 0.6 is 0 Å². The molecule has 4 nitrogen and oxygen atoms in total. The van der Waals surface area contributed by atoms with Gasteiger partial charge in [0.15, 0.2) is 0 Å². The highest BCUT2D eigenvalue weighted by atomic mass is 16.2. The summed E-state index contributed by atoms with van der Waals surface area (Å²) in [6.45, 7) is 8.27. The van der Waals surface area contributed by atoms with Crippen LogP contribution in [0.5, 0.6) is 0 Å². The standard InChI is InChI=1S/C8H13N3O.C2H4/c1-7-4-9-11(5-7)6-8(12)10(2)3;1-2/h4-5H,6H2,1-3H3;1-2H2. The van der Waals surface area contributed by atoms with Crippen LogP contribution in [-0.4, -0.2) is 34.7 Å². The number of carbonyl (C=O) groups is 1. The lowest BCUT2D eigenvalue weighted by atomic mass is 10.4. The summed E-state index contributed by atoms with van der Waals surface area (Å²) in [5.74, 6) is 0.0538. The van der Waals surface area contributed by atoms with Gasteiger partial charge >= 0.3 is 0 Å². The second-order valence-electron chi connectivity index (χ2n) is 3.00. The second-order valence-corrected chi connectivity index (χ2v) is 3.00. The van der Waals surface area contributed by atoms with Crippen LogP contribution < -0.4 is 0 Å². The topological polar surface area (TPSA) is 38.1 Å². The van der Waals surface area contributed by atoms with Crippen molar-refractivity contribution in [2.45, 2.75) is 13.5 Å². The third kappa shape index (κ3) is 3.89. The van der Waals surface area contributed by atoms with Gasteiger partial charge in [-0.05, 0) is 12.5 Å². The Morgan fingerprint density at radius 2 is 2.14 bits per heavy atom. The normalized spacial score (nSPS) is 8.79. The van der Waals surface area contributed by atoms with Gasteiger partial charge in [-0.3, -0.25) is 9.48 Å². The van der Waals surface area contributed by atoms with Crippen molar-refractivity contribution in [1.82, 2.24) is 14.7 Å². The molecule has 1 aromatic heterocycles. The van der Waals surface area contributed by atoms with Crippen LogP contribution in [0.4, 0.5) is 0 Å². The summed E-state index contributed by atoms with van der Waals surface area (Å²) in [6.07, 6.45) is 3.59. The van der Waals surface area contributed by atoms with Crippen LogP contribution in [0.3, 0.4) is 0 Å². The molecule has 4 heteroatoms. The minimum atomic E-state index is 0.0538. The van der Waals surface area contributed by atoms with E-state index in [4.69, 9.17) is 0 Å². The third-order valence-electron chi connectivity index (χ3n) is 1.56. The van der Waals surface area contributed by atoms with Gasteiger partial charge in [-0.15, -0.1) is 13.2 Å². The van der Waals surface area contributed by atoms with Gasteiger partial charge < -0.3 is 4.90 Å². The Bertz CT molecular complexity index is 291. The number of rotatable bonds is 2. The molecule has 1 amide bonds. The highest BCUT2D eigenvalue weighted by molar-refractivity contribution is 5.75. The molecule has 14 heavy (non-hydrogen) atoms. The molecule has 0 aromatic carbocycles. The first-order valence-corrected chi connectivity index (χ1v) is 4.29. The predicted molar refractivity (Wildman–Crippen MR) is 56.9 cm³/mol. The molecule has 0 saturated heterocycles. The van der Waals surface area contributed by atoms with E-state index >= 15 is 0 Å². The molecular weight excluding hydrogens is 178 g/mol. The van der Waals surface area contributed by atoms with E-state index in [9.17, 15) is 4.79 Å². The molecule has 0 atom stereocenters. The maximum Gasteiger partial charge on any atom is 0.243 e. The number of aromatic nitrogens is 2. The zero-order valence-electron chi connectivity index (χ0n) is 9.03. The molecule has 0 aliphatic rings. The molecule has 0 spiro atoms. The minimum absolute atomic E-state index is 0.0538. The Morgan fingerprint density at radius 1 is 1.57 bits per heavy atom.